The highest BCUT2D eigenvalue weighted by atomic mass is 14.1. The third-order valence-electron chi connectivity index (χ3n) is 2.50. The van der Waals surface area contributed by atoms with Crippen molar-refractivity contribution in [1.29, 1.82) is 0 Å². The van der Waals surface area contributed by atoms with Crippen molar-refractivity contribution in [1.82, 2.24) is 0 Å². The van der Waals surface area contributed by atoms with E-state index in [2.05, 4.69) is 25.2 Å². The molecule has 0 N–H and O–H groups in total. The molecule has 0 aromatic rings. The summed E-state index contributed by atoms with van der Waals surface area (Å²) in [4.78, 5) is 0. The van der Waals surface area contributed by atoms with Crippen molar-refractivity contribution in [2.45, 2.75) is 58.3 Å². The number of hydrogen-bond acceptors (Lipinski definition) is 0. The van der Waals surface area contributed by atoms with Crippen molar-refractivity contribution in [3.8, 4) is 0 Å². The standard InChI is InChI=1S/C13H22/c1-2-3-4-5-6-7-8-9-10-13-11-12-13/h9-11H,2-8,12H2,1H3. The molecule has 0 heterocycles. The summed E-state index contributed by atoms with van der Waals surface area (Å²) in [6.07, 6.45) is 17.9. The molecule has 0 nitrogen and oxygen atoms in total. The Hall–Kier alpha value is -0.520. The average Bonchev–Trinajstić information content (AvgIpc) is 2.93. The summed E-state index contributed by atoms with van der Waals surface area (Å²) in [7, 11) is 0. The van der Waals surface area contributed by atoms with E-state index in [1.54, 1.807) is 0 Å². The van der Waals surface area contributed by atoms with Gasteiger partial charge in [-0.1, -0.05) is 57.3 Å². The van der Waals surface area contributed by atoms with Crippen LogP contribution >= 0.6 is 0 Å². The summed E-state index contributed by atoms with van der Waals surface area (Å²) >= 11 is 0. The summed E-state index contributed by atoms with van der Waals surface area (Å²) in [6, 6.07) is 0. The van der Waals surface area contributed by atoms with Gasteiger partial charge in [0.15, 0.2) is 0 Å². The molecule has 0 saturated heterocycles. The molecule has 13 heavy (non-hydrogen) atoms. The second-order valence-electron chi connectivity index (χ2n) is 3.94. The van der Waals surface area contributed by atoms with Crippen molar-refractivity contribution in [2.75, 3.05) is 0 Å². The summed E-state index contributed by atoms with van der Waals surface area (Å²) in [5.74, 6) is 0. The van der Waals surface area contributed by atoms with E-state index in [9.17, 15) is 0 Å². The van der Waals surface area contributed by atoms with Gasteiger partial charge in [0.25, 0.3) is 0 Å². The van der Waals surface area contributed by atoms with E-state index in [1.807, 2.05) is 0 Å². The van der Waals surface area contributed by atoms with Crippen LogP contribution < -0.4 is 0 Å². The van der Waals surface area contributed by atoms with Crippen molar-refractivity contribution in [2.24, 2.45) is 0 Å². The van der Waals surface area contributed by atoms with Crippen LogP contribution in [0.3, 0.4) is 0 Å². The first-order chi connectivity index (χ1) is 6.43. The Bertz CT molecular complexity index is 174. The van der Waals surface area contributed by atoms with Crippen LogP contribution in [-0.2, 0) is 0 Å². The first-order valence-electron chi connectivity index (χ1n) is 5.79. The first kappa shape index (κ1) is 10.6. The number of rotatable bonds is 8. The Kier molecular flexibility index (Phi) is 5.64. The molecule has 0 fully saturated rings. The van der Waals surface area contributed by atoms with Crippen LogP contribution in [0.1, 0.15) is 58.3 Å². The molecule has 0 atom stereocenters. The molecular formula is C13H22. The Balaban J connectivity index is 1.75. The fourth-order valence-electron chi connectivity index (χ4n) is 1.47. The quantitative estimate of drug-likeness (QED) is 0.476. The van der Waals surface area contributed by atoms with Gasteiger partial charge in [-0.15, -0.1) is 0 Å². The van der Waals surface area contributed by atoms with Crippen LogP contribution in [0.4, 0.5) is 0 Å². The number of unbranched alkanes of at least 4 members (excludes halogenated alkanes) is 6. The lowest BCUT2D eigenvalue weighted by atomic mass is 10.1. The zero-order chi connectivity index (χ0) is 9.36. The third-order valence-corrected chi connectivity index (χ3v) is 2.50. The predicted octanol–water partition coefficient (Wildman–Crippen LogP) is 4.62. The molecule has 0 aromatic heterocycles. The number of allylic oxidation sites excluding steroid dienone is 4. The Labute approximate surface area is 82.7 Å². The van der Waals surface area contributed by atoms with E-state index in [-0.39, 0.29) is 0 Å². The van der Waals surface area contributed by atoms with E-state index >= 15 is 0 Å². The van der Waals surface area contributed by atoms with E-state index in [4.69, 9.17) is 0 Å². The minimum absolute atomic E-state index is 1.24. The molecule has 0 unspecified atom stereocenters. The lowest BCUT2D eigenvalue weighted by Gasteiger charge is -1.97. The lowest BCUT2D eigenvalue weighted by molar-refractivity contribution is 0.611. The van der Waals surface area contributed by atoms with Crippen LogP contribution in [0, 0.1) is 0 Å². The zero-order valence-electron chi connectivity index (χ0n) is 8.89. The Morgan fingerprint density at radius 2 is 1.85 bits per heavy atom. The first-order valence-corrected chi connectivity index (χ1v) is 5.79. The van der Waals surface area contributed by atoms with Gasteiger partial charge >= 0.3 is 0 Å². The van der Waals surface area contributed by atoms with E-state index in [0.717, 1.165) is 0 Å². The van der Waals surface area contributed by atoms with Crippen molar-refractivity contribution >= 4 is 0 Å². The fraction of sp³-hybridized carbons (Fsp3) is 0.692. The van der Waals surface area contributed by atoms with Gasteiger partial charge in [0.2, 0.25) is 0 Å². The average molecular weight is 178 g/mol. The van der Waals surface area contributed by atoms with Gasteiger partial charge < -0.3 is 0 Å². The normalized spacial score (nSPS) is 15.0. The van der Waals surface area contributed by atoms with Gasteiger partial charge in [0, 0.05) is 0 Å². The SMILES string of the molecule is CCCCCCCCC=CC1=CC1. The second kappa shape index (κ2) is 6.94. The van der Waals surface area contributed by atoms with E-state index in [0.29, 0.717) is 0 Å². The van der Waals surface area contributed by atoms with Gasteiger partial charge in [0.1, 0.15) is 0 Å². The summed E-state index contributed by atoms with van der Waals surface area (Å²) in [5, 5.41) is 0. The largest absolute Gasteiger partial charge is 0.0843 e. The Morgan fingerprint density at radius 1 is 1.15 bits per heavy atom. The maximum atomic E-state index is 2.33. The predicted molar refractivity (Wildman–Crippen MR) is 59.8 cm³/mol. The molecule has 0 amide bonds. The minimum Gasteiger partial charge on any atom is -0.0843 e. The molecule has 1 aliphatic rings. The van der Waals surface area contributed by atoms with E-state index in [1.165, 1.54) is 56.9 Å². The zero-order valence-corrected chi connectivity index (χ0v) is 8.89. The van der Waals surface area contributed by atoms with Crippen LogP contribution in [0.25, 0.3) is 0 Å². The van der Waals surface area contributed by atoms with Gasteiger partial charge in [-0.2, -0.15) is 0 Å². The second-order valence-corrected chi connectivity index (χ2v) is 3.94. The summed E-state index contributed by atoms with van der Waals surface area (Å²) in [5.41, 5.74) is 1.53. The van der Waals surface area contributed by atoms with Crippen molar-refractivity contribution in [3.05, 3.63) is 23.8 Å². The maximum absolute atomic E-state index is 2.33. The Morgan fingerprint density at radius 3 is 2.54 bits per heavy atom. The fourth-order valence-corrected chi connectivity index (χ4v) is 1.47. The van der Waals surface area contributed by atoms with Gasteiger partial charge in [-0.3, -0.25) is 0 Å². The topological polar surface area (TPSA) is 0 Å². The minimum atomic E-state index is 1.24. The highest BCUT2D eigenvalue weighted by Gasteiger charge is 1.99. The number of hydrogen-bond donors (Lipinski definition) is 0. The maximum Gasteiger partial charge on any atom is -0.00947 e. The lowest BCUT2D eigenvalue weighted by Crippen LogP contribution is -1.77. The van der Waals surface area contributed by atoms with Gasteiger partial charge in [-0.05, 0) is 24.8 Å². The van der Waals surface area contributed by atoms with Crippen molar-refractivity contribution < 1.29 is 0 Å². The molecule has 0 spiro atoms. The van der Waals surface area contributed by atoms with Crippen molar-refractivity contribution in [3.63, 3.8) is 0 Å². The molecule has 0 aliphatic heterocycles. The molecule has 0 radical (unpaired) electrons. The molecule has 0 heteroatoms. The van der Waals surface area contributed by atoms with Gasteiger partial charge in [0.05, 0.1) is 0 Å². The third kappa shape index (κ3) is 6.62. The molecule has 1 aliphatic carbocycles. The van der Waals surface area contributed by atoms with Crippen LogP contribution in [0.2, 0.25) is 0 Å². The highest BCUT2D eigenvalue weighted by Crippen LogP contribution is 2.19. The molecule has 0 saturated carbocycles. The summed E-state index contributed by atoms with van der Waals surface area (Å²) in [6.45, 7) is 2.27. The smallest absolute Gasteiger partial charge is 0.00947 e. The van der Waals surface area contributed by atoms with Crippen LogP contribution in [-0.4, -0.2) is 0 Å². The van der Waals surface area contributed by atoms with Crippen LogP contribution in [0.15, 0.2) is 23.8 Å². The van der Waals surface area contributed by atoms with E-state index < -0.39 is 0 Å². The monoisotopic (exact) mass is 178 g/mol. The molecule has 74 valence electrons. The molecular weight excluding hydrogens is 156 g/mol. The molecule has 1 rings (SSSR count). The van der Waals surface area contributed by atoms with Crippen LogP contribution in [0.5, 0.6) is 0 Å². The highest BCUT2D eigenvalue weighted by molar-refractivity contribution is 5.33. The molecule has 0 bridgehead atoms. The van der Waals surface area contributed by atoms with Gasteiger partial charge in [-0.25, -0.2) is 0 Å². The molecule has 0 aromatic carbocycles. The summed E-state index contributed by atoms with van der Waals surface area (Å²) < 4.78 is 0.